The van der Waals surface area contributed by atoms with Crippen LogP contribution >= 0.6 is 22.9 Å². The Morgan fingerprint density at radius 3 is 2.75 bits per heavy atom. The lowest BCUT2D eigenvalue weighted by Gasteiger charge is -2.18. The summed E-state index contributed by atoms with van der Waals surface area (Å²) in [6, 6.07) is 6.81. The number of anilines is 1. The number of aliphatic hydroxyl groups is 1. The van der Waals surface area contributed by atoms with Crippen molar-refractivity contribution in [2.45, 2.75) is 18.9 Å². The number of nitrogens with one attached hydrogen (secondary N) is 2. The zero-order chi connectivity index (χ0) is 17.7. The predicted molar refractivity (Wildman–Crippen MR) is 91.7 cm³/mol. The van der Waals surface area contributed by atoms with Gasteiger partial charge in [0.15, 0.2) is 10.7 Å². The second-order valence-electron chi connectivity index (χ2n) is 5.29. The number of halogens is 1. The van der Waals surface area contributed by atoms with Crippen LogP contribution in [0.3, 0.4) is 0 Å². The molecule has 9 heteroatoms. The van der Waals surface area contributed by atoms with E-state index in [9.17, 15) is 14.7 Å². The van der Waals surface area contributed by atoms with Gasteiger partial charge < -0.3 is 15.5 Å². The fourth-order valence-corrected chi connectivity index (χ4v) is 2.78. The first-order valence-corrected chi connectivity index (χ1v) is 8.16. The molecule has 2 rings (SSSR count). The van der Waals surface area contributed by atoms with E-state index >= 15 is 0 Å². The molecule has 0 radical (unpaired) electrons. The van der Waals surface area contributed by atoms with Crippen LogP contribution in [0.25, 0.3) is 0 Å². The number of carboxylic acid groups (broad SMARTS) is 1. The summed E-state index contributed by atoms with van der Waals surface area (Å²) < 4.78 is 0. The van der Waals surface area contributed by atoms with Crippen LogP contribution in [0.4, 0.5) is 9.93 Å². The number of rotatable bonds is 6. The third-order valence-corrected chi connectivity index (χ3v) is 4.43. The number of thiazole rings is 1. The van der Waals surface area contributed by atoms with E-state index in [0.717, 1.165) is 17.4 Å². The summed E-state index contributed by atoms with van der Waals surface area (Å²) in [5.41, 5.74) is -1.08. The normalized spacial score (nSPS) is 13.1. The van der Waals surface area contributed by atoms with E-state index in [4.69, 9.17) is 16.7 Å². The van der Waals surface area contributed by atoms with Crippen molar-refractivity contribution in [1.29, 1.82) is 0 Å². The van der Waals surface area contributed by atoms with Gasteiger partial charge in [-0.2, -0.15) is 0 Å². The summed E-state index contributed by atoms with van der Waals surface area (Å²) in [4.78, 5) is 27.5. The first-order chi connectivity index (χ1) is 11.3. The van der Waals surface area contributed by atoms with Gasteiger partial charge in [-0.3, -0.25) is 5.32 Å². The number of amides is 2. The van der Waals surface area contributed by atoms with Crippen molar-refractivity contribution < 1.29 is 19.8 Å². The Labute approximate surface area is 147 Å². The number of hydrogen-bond donors (Lipinski definition) is 4. The highest BCUT2D eigenvalue weighted by Gasteiger charge is 2.30. The molecule has 0 saturated carbocycles. The highest BCUT2D eigenvalue weighted by atomic mass is 35.5. The standard InChI is InChI=1S/C15H16ClN3O4S/c1-15(23,12(20)21)8-18-13(22)19-14-17-7-10(24-14)6-9-4-2-3-5-11(9)16/h2-5,7,23H,6,8H2,1H3,(H,20,21)(H2,17,18,19,22). The topological polar surface area (TPSA) is 112 Å². The highest BCUT2D eigenvalue weighted by molar-refractivity contribution is 7.15. The quantitative estimate of drug-likeness (QED) is 0.624. The van der Waals surface area contributed by atoms with E-state index in [2.05, 4.69) is 15.6 Å². The van der Waals surface area contributed by atoms with E-state index in [0.29, 0.717) is 16.6 Å². The second-order valence-corrected chi connectivity index (χ2v) is 6.81. The minimum absolute atomic E-state index is 0.365. The zero-order valence-corrected chi connectivity index (χ0v) is 14.3. The van der Waals surface area contributed by atoms with Gasteiger partial charge >= 0.3 is 12.0 Å². The lowest BCUT2D eigenvalue weighted by molar-refractivity contribution is -0.155. The van der Waals surface area contributed by atoms with Gasteiger partial charge in [-0.25, -0.2) is 14.6 Å². The summed E-state index contributed by atoms with van der Waals surface area (Å²) in [5.74, 6) is -1.42. The van der Waals surface area contributed by atoms with Crippen LogP contribution in [-0.2, 0) is 11.2 Å². The monoisotopic (exact) mass is 369 g/mol. The molecule has 0 aliphatic heterocycles. The van der Waals surface area contributed by atoms with E-state index in [1.54, 1.807) is 12.3 Å². The molecule has 2 aromatic rings. The second kappa shape index (κ2) is 7.61. The summed E-state index contributed by atoms with van der Waals surface area (Å²) >= 11 is 7.39. The maximum absolute atomic E-state index is 11.7. The molecule has 1 heterocycles. The van der Waals surface area contributed by atoms with Gasteiger partial charge in [0.2, 0.25) is 0 Å². The average Bonchev–Trinajstić information content (AvgIpc) is 2.94. The number of nitrogens with zero attached hydrogens (tertiary/aromatic N) is 1. The maximum Gasteiger partial charge on any atom is 0.337 e. The van der Waals surface area contributed by atoms with Crippen LogP contribution in [0.15, 0.2) is 30.5 Å². The fourth-order valence-electron chi connectivity index (χ4n) is 1.75. The summed E-state index contributed by atoms with van der Waals surface area (Å²) in [5, 5.41) is 24.1. The number of carbonyl (C=O) groups excluding carboxylic acids is 1. The van der Waals surface area contributed by atoms with Gasteiger partial charge in [-0.05, 0) is 18.6 Å². The minimum atomic E-state index is -2.03. The molecule has 0 aliphatic carbocycles. The Hall–Kier alpha value is -2.16. The molecule has 0 bridgehead atoms. The molecule has 4 N–H and O–H groups in total. The molecule has 2 amide bonds. The third-order valence-electron chi connectivity index (χ3n) is 3.15. The number of carbonyl (C=O) groups is 2. The lowest BCUT2D eigenvalue weighted by atomic mass is 10.1. The van der Waals surface area contributed by atoms with E-state index in [1.165, 1.54) is 11.3 Å². The molecular formula is C15H16ClN3O4S. The zero-order valence-electron chi connectivity index (χ0n) is 12.7. The Morgan fingerprint density at radius 1 is 1.38 bits per heavy atom. The molecule has 1 aromatic heterocycles. The van der Waals surface area contributed by atoms with Gasteiger partial charge in [-0.15, -0.1) is 11.3 Å². The van der Waals surface area contributed by atoms with Crippen LogP contribution in [0.2, 0.25) is 5.02 Å². The predicted octanol–water partition coefficient (Wildman–Crippen LogP) is 2.34. The average molecular weight is 370 g/mol. The molecule has 0 saturated heterocycles. The Bertz CT molecular complexity index is 748. The van der Waals surface area contributed by atoms with Crippen LogP contribution in [0.1, 0.15) is 17.4 Å². The van der Waals surface area contributed by atoms with Crippen molar-refractivity contribution in [2.75, 3.05) is 11.9 Å². The minimum Gasteiger partial charge on any atom is -0.479 e. The molecule has 7 nitrogen and oxygen atoms in total. The number of hydrogen-bond acceptors (Lipinski definition) is 5. The molecule has 128 valence electrons. The molecule has 24 heavy (non-hydrogen) atoms. The van der Waals surface area contributed by atoms with Crippen LogP contribution < -0.4 is 10.6 Å². The molecule has 0 aliphatic rings. The van der Waals surface area contributed by atoms with Crippen molar-refractivity contribution in [2.24, 2.45) is 0 Å². The van der Waals surface area contributed by atoms with Crippen molar-refractivity contribution >= 4 is 40.1 Å². The summed E-state index contributed by atoms with van der Waals surface area (Å²) in [6.07, 6.45) is 2.23. The number of aliphatic carboxylic acids is 1. The van der Waals surface area contributed by atoms with Gasteiger partial charge in [0.1, 0.15) is 0 Å². The Morgan fingerprint density at radius 2 is 2.08 bits per heavy atom. The van der Waals surface area contributed by atoms with E-state index in [-0.39, 0.29) is 0 Å². The first kappa shape index (κ1) is 18.2. The molecule has 1 unspecified atom stereocenters. The fraction of sp³-hybridized carbons (Fsp3) is 0.267. The molecule has 0 fully saturated rings. The van der Waals surface area contributed by atoms with Crippen molar-refractivity contribution in [1.82, 2.24) is 10.3 Å². The number of urea groups is 1. The summed E-state index contributed by atoms with van der Waals surface area (Å²) in [7, 11) is 0. The number of aromatic nitrogens is 1. The highest BCUT2D eigenvalue weighted by Crippen LogP contribution is 2.24. The summed E-state index contributed by atoms with van der Waals surface area (Å²) in [6.45, 7) is 0.673. The van der Waals surface area contributed by atoms with Crippen molar-refractivity contribution in [3.05, 3.63) is 45.9 Å². The maximum atomic E-state index is 11.7. The van der Waals surface area contributed by atoms with Gasteiger partial charge in [0.05, 0.1) is 6.54 Å². The van der Waals surface area contributed by atoms with Gasteiger partial charge in [0, 0.05) is 22.5 Å². The number of carboxylic acids is 1. The SMILES string of the molecule is CC(O)(CNC(=O)Nc1ncc(Cc2ccccc2Cl)s1)C(=O)O. The first-order valence-electron chi connectivity index (χ1n) is 6.96. The third kappa shape index (κ3) is 4.92. The van der Waals surface area contributed by atoms with Crippen molar-refractivity contribution in [3.63, 3.8) is 0 Å². The largest absolute Gasteiger partial charge is 0.479 e. The molecule has 1 atom stereocenters. The molecular weight excluding hydrogens is 354 g/mol. The van der Waals surface area contributed by atoms with E-state index in [1.807, 2.05) is 18.2 Å². The van der Waals surface area contributed by atoms with Crippen molar-refractivity contribution in [3.8, 4) is 0 Å². The van der Waals surface area contributed by atoms with Crippen LogP contribution in [-0.4, -0.2) is 39.3 Å². The Balaban J connectivity index is 1.91. The smallest absolute Gasteiger partial charge is 0.337 e. The lowest BCUT2D eigenvalue weighted by Crippen LogP contribution is -2.47. The number of benzene rings is 1. The van der Waals surface area contributed by atoms with Gasteiger partial charge in [0.25, 0.3) is 0 Å². The van der Waals surface area contributed by atoms with Crippen LogP contribution in [0.5, 0.6) is 0 Å². The molecule has 1 aromatic carbocycles. The Kier molecular flexibility index (Phi) is 5.76. The van der Waals surface area contributed by atoms with E-state index < -0.39 is 24.1 Å². The van der Waals surface area contributed by atoms with Gasteiger partial charge in [-0.1, -0.05) is 29.8 Å². The van der Waals surface area contributed by atoms with Crippen LogP contribution in [0, 0.1) is 0 Å². The molecule has 0 spiro atoms.